The summed E-state index contributed by atoms with van der Waals surface area (Å²) >= 11 is 1.77. The molecule has 2 aromatic rings. The van der Waals surface area contributed by atoms with E-state index in [0.29, 0.717) is 25.3 Å². The minimum Gasteiger partial charge on any atom is -0.356 e. The summed E-state index contributed by atoms with van der Waals surface area (Å²) in [5.74, 6) is 0.479. The van der Waals surface area contributed by atoms with Gasteiger partial charge in [0.25, 0.3) is 0 Å². The number of carbonyl (C=O) groups excluding carboxylic acids is 2. The monoisotopic (exact) mass is 345 g/mol. The zero-order valence-corrected chi connectivity index (χ0v) is 14.7. The Morgan fingerprint density at radius 2 is 2.12 bits per heavy atom. The fourth-order valence-corrected chi connectivity index (χ4v) is 4.33. The lowest BCUT2D eigenvalue weighted by Gasteiger charge is -2.12. The summed E-state index contributed by atoms with van der Waals surface area (Å²) in [5.41, 5.74) is 1.07. The number of hydrogen-bond acceptors (Lipinski definition) is 4. The van der Waals surface area contributed by atoms with Crippen LogP contribution < -0.4 is 10.6 Å². The number of amides is 2. The number of thiazole rings is 1. The SMILES string of the molecule is CC(=O)NCCCC(=O)N[C@@H]1CC[C@H](c2nc3ccccc3s2)C1. The van der Waals surface area contributed by atoms with Crippen molar-refractivity contribution in [1.29, 1.82) is 0 Å². The minimum absolute atomic E-state index is 0.0510. The Hall–Kier alpha value is -1.95. The molecule has 1 aliphatic carbocycles. The van der Waals surface area contributed by atoms with Crippen LogP contribution in [-0.2, 0) is 9.59 Å². The van der Waals surface area contributed by atoms with Gasteiger partial charge in [0.1, 0.15) is 0 Å². The Bertz CT molecular complexity index is 695. The number of aromatic nitrogens is 1. The van der Waals surface area contributed by atoms with Crippen molar-refractivity contribution in [2.75, 3.05) is 6.54 Å². The molecule has 1 heterocycles. The molecule has 3 rings (SSSR count). The number of benzene rings is 1. The van der Waals surface area contributed by atoms with Gasteiger partial charge in [-0.2, -0.15) is 0 Å². The van der Waals surface area contributed by atoms with Gasteiger partial charge in [0.15, 0.2) is 0 Å². The van der Waals surface area contributed by atoms with Crippen LogP contribution in [0.15, 0.2) is 24.3 Å². The van der Waals surface area contributed by atoms with Gasteiger partial charge >= 0.3 is 0 Å². The zero-order valence-electron chi connectivity index (χ0n) is 13.9. The summed E-state index contributed by atoms with van der Waals surface area (Å²) in [6, 6.07) is 8.47. The van der Waals surface area contributed by atoms with Crippen LogP contribution in [0.3, 0.4) is 0 Å². The van der Waals surface area contributed by atoms with Crippen molar-refractivity contribution >= 4 is 33.4 Å². The van der Waals surface area contributed by atoms with Gasteiger partial charge in [-0.05, 0) is 37.8 Å². The molecule has 6 heteroatoms. The number of rotatable bonds is 6. The molecule has 24 heavy (non-hydrogen) atoms. The molecule has 1 saturated carbocycles. The lowest BCUT2D eigenvalue weighted by molar-refractivity contribution is -0.122. The van der Waals surface area contributed by atoms with Gasteiger partial charge in [0.05, 0.1) is 15.2 Å². The van der Waals surface area contributed by atoms with E-state index >= 15 is 0 Å². The number of nitrogens with zero attached hydrogens (tertiary/aromatic N) is 1. The Morgan fingerprint density at radius 3 is 2.92 bits per heavy atom. The van der Waals surface area contributed by atoms with Gasteiger partial charge in [-0.3, -0.25) is 9.59 Å². The van der Waals surface area contributed by atoms with E-state index in [2.05, 4.69) is 22.8 Å². The molecule has 2 N–H and O–H groups in total. The van der Waals surface area contributed by atoms with Gasteiger partial charge in [0.2, 0.25) is 11.8 Å². The van der Waals surface area contributed by atoms with Crippen LogP contribution in [0.1, 0.15) is 50.0 Å². The molecule has 0 radical (unpaired) electrons. The third-order valence-electron chi connectivity index (χ3n) is 4.41. The molecule has 1 aromatic heterocycles. The van der Waals surface area contributed by atoms with Gasteiger partial charge < -0.3 is 10.6 Å². The number of hydrogen-bond donors (Lipinski definition) is 2. The first kappa shape index (κ1) is 16.9. The number of para-hydroxylation sites is 1. The van der Waals surface area contributed by atoms with Crippen molar-refractivity contribution in [3.8, 4) is 0 Å². The Kier molecular flexibility index (Phi) is 5.45. The smallest absolute Gasteiger partial charge is 0.220 e. The standard InChI is InChI=1S/C18H23N3O2S/c1-12(22)19-10-4-7-17(23)20-14-9-8-13(11-14)18-21-15-5-2-3-6-16(15)24-18/h2-3,5-6,13-14H,4,7-11H2,1H3,(H,19,22)(H,20,23)/t13-,14+/m0/s1. The first-order valence-corrected chi connectivity index (χ1v) is 9.33. The van der Waals surface area contributed by atoms with Crippen LogP contribution in [0.5, 0.6) is 0 Å². The van der Waals surface area contributed by atoms with E-state index in [9.17, 15) is 9.59 Å². The maximum Gasteiger partial charge on any atom is 0.220 e. The Balaban J connectivity index is 1.46. The maximum atomic E-state index is 12.0. The predicted molar refractivity (Wildman–Crippen MR) is 96.1 cm³/mol. The molecule has 128 valence electrons. The Labute approximate surface area is 145 Å². The third kappa shape index (κ3) is 4.32. The van der Waals surface area contributed by atoms with E-state index in [1.165, 1.54) is 16.6 Å². The fourth-order valence-electron chi connectivity index (χ4n) is 3.21. The highest BCUT2D eigenvalue weighted by molar-refractivity contribution is 7.18. The van der Waals surface area contributed by atoms with Crippen molar-refractivity contribution in [3.63, 3.8) is 0 Å². The molecule has 0 saturated heterocycles. The van der Waals surface area contributed by atoms with Crippen molar-refractivity contribution in [1.82, 2.24) is 15.6 Å². The van der Waals surface area contributed by atoms with Gasteiger partial charge in [-0.1, -0.05) is 12.1 Å². The second-order valence-electron chi connectivity index (χ2n) is 6.38. The molecular weight excluding hydrogens is 322 g/mol. The second kappa shape index (κ2) is 7.75. The third-order valence-corrected chi connectivity index (χ3v) is 5.61. The Morgan fingerprint density at radius 1 is 1.29 bits per heavy atom. The summed E-state index contributed by atoms with van der Waals surface area (Å²) in [5, 5.41) is 7.03. The van der Waals surface area contributed by atoms with E-state index in [1.54, 1.807) is 11.3 Å². The highest BCUT2D eigenvalue weighted by Crippen LogP contribution is 2.38. The minimum atomic E-state index is -0.0510. The van der Waals surface area contributed by atoms with Crippen molar-refractivity contribution in [2.24, 2.45) is 0 Å². The van der Waals surface area contributed by atoms with Crippen LogP contribution in [0.4, 0.5) is 0 Å². The molecule has 2 amide bonds. The van der Waals surface area contributed by atoms with Crippen LogP contribution in [0.25, 0.3) is 10.2 Å². The topological polar surface area (TPSA) is 71.1 Å². The fraction of sp³-hybridized carbons (Fsp3) is 0.500. The number of fused-ring (bicyclic) bond motifs is 1. The molecule has 0 bridgehead atoms. The average Bonchev–Trinajstić information content (AvgIpc) is 3.17. The van der Waals surface area contributed by atoms with Gasteiger partial charge in [-0.15, -0.1) is 11.3 Å². The van der Waals surface area contributed by atoms with Crippen LogP contribution in [0, 0.1) is 0 Å². The van der Waals surface area contributed by atoms with Crippen molar-refractivity contribution in [2.45, 2.75) is 51.0 Å². The van der Waals surface area contributed by atoms with Crippen molar-refractivity contribution in [3.05, 3.63) is 29.3 Å². The van der Waals surface area contributed by atoms with E-state index in [1.807, 2.05) is 12.1 Å². The average molecular weight is 345 g/mol. The summed E-state index contributed by atoms with van der Waals surface area (Å²) < 4.78 is 1.23. The second-order valence-corrected chi connectivity index (χ2v) is 7.44. The summed E-state index contributed by atoms with van der Waals surface area (Å²) in [4.78, 5) is 27.5. The first-order chi connectivity index (χ1) is 11.6. The number of carbonyl (C=O) groups is 2. The molecule has 1 aliphatic rings. The molecule has 2 atom stereocenters. The van der Waals surface area contributed by atoms with E-state index < -0.39 is 0 Å². The van der Waals surface area contributed by atoms with Gasteiger partial charge in [0, 0.05) is 31.8 Å². The summed E-state index contributed by atoms with van der Waals surface area (Å²) in [7, 11) is 0. The molecular formula is C18H23N3O2S. The van der Waals surface area contributed by atoms with Crippen LogP contribution in [-0.4, -0.2) is 29.4 Å². The molecule has 1 aromatic carbocycles. The van der Waals surface area contributed by atoms with Crippen molar-refractivity contribution < 1.29 is 9.59 Å². The van der Waals surface area contributed by atoms with E-state index in [0.717, 1.165) is 24.8 Å². The summed E-state index contributed by atoms with van der Waals surface area (Å²) in [6.07, 6.45) is 4.20. The molecule has 5 nitrogen and oxygen atoms in total. The summed E-state index contributed by atoms with van der Waals surface area (Å²) in [6.45, 7) is 2.04. The van der Waals surface area contributed by atoms with E-state index in [-0.39, 0.29) is 17.9 Å². The quantitative estimate of drug-likeness (QED) is 0.791. The molecule has 1 fully saturated rings. The molecule has 0 unspecified atom stereocenters. The predicted octanol–water partition coefficient (Wildman–Crippen LogP) is 2.96. The van der Waals surface area contributed by atoms with Crippen LogP contribution in [0.2, 0.25) is 0 Å². The first-order valence-electron chi connectivity index (χ1n) is 8.51. The lowest BCUT2D eigenvalue weighted by Crippen LogP contribution is -2.33. The lowest BCUT2D eigenvalue weighted by atomic mass is 10.1. The highest BCUT2D eigenvalue weighted by atomic mass is 32.1. The largest absolute Gasteiger partial charge is 0.356 e. The normalized spacial score (nSPS) is 20.2. The zero-order chi connectivity index (χ0) is 16.9. The number of nitrogens with one attached hydrogen (secondary N) is 2. The maximum absolute atomic E-state index is 12.0. The molecule has 0 aliphatic heterocycles. The van der Waals surface area contributed by atoms with E-state index in [4.69, 9.17) is 4.98 Å². The van der Waals surface area contributed by atoms with Crippen LogP contribution >= 0.6 is 11.3 Å². The van der Waals surface area contributed by atoms with Gasteiger partial charge in [-0.25, -0.2) is 4.98 Å². The molecule has 0 spiro atoms. The highest BCUT2D eigenvalue weighted by Gasteiger charge is 2.29.